The number of hydrogen-bond donors (Lipinski definition) is 1. The molecule has 0 spiro atoms. The first kappa shape index (κ1) is 33.7. The quantitative estimate of drug-likeness (QED) is 0.271. The summed E-state index contributed by atoms with van der Waals surface area (Å²) in [7, 11) is 2.51. The van der Waals surface area contributed by atoms with E-state index in [0.29, 0.717) is 29.8 Å². The molecule has 13 heteroatoms. The third-order valence-electron chi connectivity index (χ3n) is 11.2. The first-order chi connectivity index (χ1) is 24.5. The lowest BCUT2D eigenvalue weighted by atomic mass is 9.81. The molecule has 51 heavy (non-hydrogen) atoms. The number of nitrogens with one attached hydrogen (secondary N) is 1. The lowest BCUT2D eigenvalue weighted by Crippen LogP contribution is -2.54. The Balaban J connectivity index is 1.26. The van der Waals surface area contributed by atoms with E-state index in [1.54, 1.807) is 19.2 Å². The normalized spacial score (nSPS) is 21.0. The van der Waals surface area contributed by atoms with E-state index in [2.05, 4.69) is 33.4 Å². The van der Waals surface area contributed by atoms with Gasteiger partial charge in [0.25, 0.3) is 11.8 Å². The molecule has 1 saturated carbocycles. The molecule has 12 nitrogen and oxygen atoms in total. The van der Waals surface area contributed by atoms with Crippen molar-refractivity contribution in [3.05, 3.63) is 70.9 Å². The molecule has 4 aromatic rings. The van der Waals surface area contributed by atoms with Crippen LogP contribution in [0.2, 0.25) is 0 Å². The molecule has 3 fully saturated rings. The Labute approximate surface area is 298 Å². The van der Waals surface area contributed by atoms with Gasteiger partial charge in [-0.15, -0.1) is 0 Å². The first-order valence-electron chi connectivity index (χ1n) is 17.8. The molecule has 1 aliphatic carbocycles. The number of carbonyl (C=O) groups is 2. The van der Waals surface area contributed by atoms with Gasteiger partial charge in [-0.1, -0.05) is 25.3 Å². The van der Waals surface area contributed by atoms with Crippen LogP contribution in [-0.2, 0) is 16.8 Å². The highest BCUT2D eigenvalue weighted by Crippen LogP contribution is 2.48. The molecule has 3 aliphatic heterocycles. The molecule has 2 atom stereocenters. The Hall–Kier alpha value is -4.46. The Bertz CT molecular complexity index is 2170. The molecule has 2 amide bonds. The first-order valence-corrected chi connectivity index (χ1v) is 19.2. The van der Waals surface area contributed by atoms with Gasteiger partial charge in [0.2, 0.25) is 5.89 Å². The molecule has 2 saturated heterocycles. The van der Waals surface area contributed by atoms with Crippen molar-refractivity contribution in [3.63, 3.8) is 0 Å². The molecule has 2 bridgehead atoms. The van der Waals surface area contributed by atoms with Crippen molar-refractivity contribution in [3.8, 4) is 17.0 Å². The van der Waals surface area contributed by atoms with Crippen LogP contribution in [0.25, 0.3) is 33.8 Å². The van der Waals surface area contributed by atoms with Crippen LogP contribution >= 0.6 is 0 Å². The summed E-state index contributed by atoms with van der Waals surface area (Å²) in [5.74, 6) is 0.574. The number of methoxy groups -OCH3 is 1. The summed E-state index contributed by atoms with van der Waals surface area (Å²) >= 11 is 0. The van der Waals surface area contributed by atoms with Crippen molar-refractivity contribution >= 4 is 44.6 Å². The van der Waals surface area contributed by atoms with Crippen LogP contribution in [-0.4, -0.2) is 97.3 Å². The van der Waals surface area contributed by atoms with E-state index >= 15 is 0 Å². The van der Waals surface area contributed by atoms with Gasteiger partial charge in [-0.05, 0) is 86.2 Å². The minimum atomic E-state index is -3.99. The third kappa shape index (κ3) is 5.94. The number of benzene rings is 2. The summed E-state index contributed by atoms with van der Waals surface area (Å²) in [6.45, 7) is 2.06. The van der Waals surface area contributed by atoms with Crippen LogP contribution in [0, 0.1) is 0 Å². The maximum absolute atomic E-state index is 13.9. The Kier molecular flexibility index (Phi) is 8.55. The molecule has 2 unspecified atom stereocenters. The third-order valence-corrected chi connectivity index (χ3v) is 12.6. The molecule has 1 N–H and O–H groups in total. The number of likely N-dealkylation sites (N-methyl/N-ethyl adjacent to an activating group) is 1. The van der Waals surface area contributed by atoms with Crippen molar-refractivity contribution in [2.45, 2.75) is 69.5 Å². The number of fused-ring (bicyclic) bond motifs is 7. The van der Waals surface area contributed by atoms with E-state index in [0.717, 1.165) is 89.2 Å². The van der Waals surface area contributed by atoms with Crippen LogP contribution in [0.1, 0.15) is 88.7 Å². The van der Waals surface area contributed by atoms with Crippen molar-refractivity contribution in [2.24, 2.45) is 0 Å². The average Bonchev–Trinajstić information content (AvgIpc) is 3.77. The maximum Gasteiger partial charge on any atom is 0.303 e. The summed E-state index contributed by atoms with van der Waals surface area (Å²) in [6, 6.07) is 11.8. The van der Waals surface area contributed by atoms with E-state index in [-0.39, 0.29) is 23.6 Å². The fourth-order valence-corrected chi connectivity index (χ4v) is 9.21. The van der Waals surface area contributed by atoms with Crippen LogP contribution in [0.5, 0.6) is 5.75 Å². The number of ether oxygens (including phenoxy) is 1. The van der Waals surface area contributed by atoms with Gasteiger partial charge in [0, 0.05) is 66.9 Å². The zero-order valence-corrected chi connectivity index (χ0v) is 30.3. The second-order valence-electron chi connectivity index (χ2n) is 14.6. The lowest BCUT2D eigenvalue weighted by Gasteiger charge is -2.39. The summed E-state index contributed by atoms with van der Waals surface area (Å²) in [5.41, 5.74) is 6.33. The molecular weight excluding hydrogens is 669 g/mol. The Morgan fingerprint density at radius 3 is 2.45 bits per heavy atom. The minimum Gasteiger partial charge on any atom is -0.497 e. The molecule has 2 aromatic carbocycles. The number of carbonyl (C=O) groups excluding carboxylic acids is 2. The summed E-state index contributed by atoms with van der Waals surface area (Å²) in [5, 5.41) is 1.03. The molecule has 2 aromatic heterocycles. The van der Waals surface area contributed by atoms with E-state index in [9.17, 15) is 18.0 Å². The highest BCUT2D eigenvalue weighted by molar-refractivity contribution is 7.87. The molecule has 0 radical (unpaired) electrons. The largest absolute Gasteiger partial charge is 0.497 e. The zero-order chi connectivity index (χ0) is 35.6. The van der Waals surface area contributed by atoms with Gasteiger partial charge in [-0.2, -0.15) is 12.7 Å². The van der Waals surface area contributed by atoms with Gasteiger partial charge in [-0.3, -0.25) is 9.59 Å². The van der Waals surface area contributed by atoms with Gasteiger partial charge in [0.15, 0.2) is 5.69 Å². The zero-order valence-electron chi connectivity index (χ0n) is 29.5. The second-order valence-corrected chi connectivity index (χ2v) is 16.5. The maximum atomic E-state index is 13.9. The van der Waals surface area contributed by atoms with Gasteiger partial charge < -0.3 is 23.5 Å². The Morgan fingerprint density at radius 1 is 1.00 bits per heavy atom. The molecule has 5 heterocycles. The number of rotatable bonds is 7. The molecule has 4 aliphatic rings. The summed E-state index contributed by atoms with van der Waals surface area (Å²) in [6.07, 6.45) is 11.1. The van der Waals surface area contributed by atoms with Gasteiger partial charge in [0.05, 0.1) is 19.3 Å². The van der Waals surface area contributed by atoms with Crippen LogP contribution < -0.4 is 9.46 Å². The highest BCUT2D eigenvalue weighted by atomic mass is 32.2. The van der Waals surface area contributed by atoms with Crippen molar-refractivity contribution in [1.29, 1.82) is 0 Å². The number of aromatic nitrogens is 2. The number of allylic oxidation sites excluding steroid dienone is 1. The SMILES string of the molecule is COc1ccc2c(c1)C=C(c1nc(C(=O)N3C4CCC3CN(C)C4)co1)Cn1c-2c(C2CCCCC2)c2ccc(C(=O)NS(=O)(=O)N(C)C)cc21. The van der Waals surface area contributed by atoms with Crippen LogP contribution in [0.3, 0.4) is 0 Å². The number of amides is 2. The average molecular weight is 713 g/mol. The summed E-state index contributed by atoms with van der Waals surface area (Å²) in [4.78, 5) is 36.3. The smallest absolute Gasteiger partial charge is 0.303 e. The standard InChI is InChI=1S/C38H44N6O6S/c1-41(2)51(47,48)40-36(45)24-10-14-31-33(18-24)43-19-26(37-39-32(22-50-37)38(46)44-27-11-12-28(44)21-42(3)20-27)16-25-17-29(49-4)13-15-30(25)35(43)34(31)23-8-6-5-7-9-23/h10,13-18,22-23,27-28H,5-9,11-12,19-21H2,1-4H3,(H,40,45). The predicted octanol–water partition coefficient (Wildman–Crippen LogP) is 5.36. The molecular formula is C38H44N6O6S. The van der Waals surface area contributed by atoms with Gasteiger partial charge in [0.1, 0.15) is 12.0 Å². The van der Waals surface area contributed by atoms with Crippen molar-refractivity contribution in [2.75, 3.05) is 41.3 Å². The topological polar surface area (TPSA) is 130 Å². The summed E-state index contributed by atoms with van der Waals surface area (Å²) < 4.78 is 42.3. The van der Waals surface area contributed by atoms with E-state index in [1.165, 1.54) is 32.3 Å². The van der Waals surface area contributed by atoms with Crippen molar-refractivity contribution in [1.82, 2.24) is 28.4 Å². The van der Waals surface area contributed by atoms with E-state index in [1.807, 2.05) is 23.1 Å². The van der Waals surface area contributed by atoms with E-state index < -0.39 is 16.1 Å². The number of oxazole rings is 1. The fourth-order valence-electron chi connectivity index (χ4n) is 8.68. The number of hydrogen-bond acceptors (Lipinski definition) is 8. The van der Waals surface area contributed by atoms with Crippen LogP contribution in [0.4, 0.5) is 0 Å². The second kappa shape index (κ2) is 12.9. The molecule has 268 valence electrons. The minimum absolute atomic E-state index is 0.100. The Morgan fingerprint density at radius 2 is 1.75 bits per heavy atom. The number of likely N-dealkylation sites (tertiary alicyclic amines) is 1. The van der Waals surface area contributed by atoms with Gasteiger partial charge >= 0.3 is 10.2 Å². The highest BCUT2D eigenvalue weighted by Gasteiger charge is 2.42. The van der Waals surface area contributed by atoms with Gasteiger partial charge in [-0.25, -0.2) is 9.71 Å². The van der Waals surface area contributed by atoms with Crippen LogP contribution in [0.15, 0.2) is 47.1 Å². The van der Waals surface area contributed by atoms with Crippen molar-refractivity contribution < 1.29 is 27.2 Å². The van der Waals surface area contributed by atoms with E-state index in [4.69, 9.17) is 14.1 Å². The lowest BCUT2D eigenvalue weighted by molar-refractivity contribution is 0.0467. The number of piperazine rings is 1. The molecule has 8 rings (SSSR count). The number of nitrogens with zero attached hydrogens (tertiary/aromatic N) is 5. The monoisotopic (exact) mass is 712 g/mol. The fraction of sp³-hybridized carbons (Fsp3) is 0.447. The predicted molar refractivity (Wildman–Crippen MR) is 195 cm³/mol.